The predicted octanol–water partition coefficient (Wildman–Crippen LogP) is 0.258. The van der Waals surface area contributed by atoms with Crippen LogP contribution in [0.1, 0.15) is 5.69 Å². The van der Waals surface area contributed by atoms with E-state index in [0.29, 0.717) is 13.2 Å². The number of piperazine rings is 1. The smallest absolute Gasteiger partial charge is 0.179 e. The van der Waals surface area contributed by atoms with Crippen LogP contribution in [-0.2, 0) is 6.54 Å². The minimum absolute atomic E-state index is 0.617. The van der Waals surface area contributed by atoms with Gasteiger partial charge in [-0.3, -0.25) is 9.88 Å². The summed E-state index contributed by atoms with van der Waals surface area (Å²) in [6.07, 6.45) is 1.77. The number of ether oxygens (including phenoxy) is 2. The van der Waals surface area contributed by atoms with Crippen LogP contribution in [0.3, 0.4) is 0 Å². The standard InChI is InChI=1S/C12H17N3O2/c1-3-15(4-2-13-1)9-10-7-11-12(8-14-10)17-6-5-16-11/h7-8,13H,1-6,9H2. The van der Waals surface area contributed by atoms with E-state index in [-0.39, 0.29) is 0 Å². The number of hydrogen-bond donors (Lipinski definition) is 1. The molecule has 0 unspecified atom stereocenters. The molecule has 0 saturated carbocycles. The topological polar surface area (TPSA) is 46.6 Å². The number of pyridine rings is 1. The highest BCUT2D eigenvalue weighted by Gasteiger charge is 2.15. The lowest BCUT2D eigenvalue weighted by molar-refractivity contribution is 0.169. The van der Waals surface area contributed by atoms with Gasteiger partial charge in [0.05, 0.1) is 11.9 Å². The van der Waals surface area contributed by atoms with Gasteiger partial charge < -0.3 is 14.8 Å². The van der Waals surface area contributed by atoms with Gasteiger partial charge in [-0.2, -0.15) is 0 Å². The summed E-state index contributed by atoms with van der Waals surface area (Å²) in [6, 6.07) is 2.00. The van der Waals surface area contributed by atoms with E-state index in [2.05, 4.69) is 15.2 Å². The van der Waals surface area contributed by atoms with Crippen molar-refractivity contribution in [1.82, 2.24) is 15.2 Å². The molecule has 1 N–H and O–H groups in total. The van der Waals surface area contributed by atoms with E-state index in [9.17, 15) is 0 Å². The maximum absolute atomic E-state index is 5.56. The van der Waals surface area contributed by atoms with E-state index in [0.717, 1.165) is 49.9 Å². The molecule has 3 rings (SSSR count). The number of aromatic nitrogens is 1. The molecule has 5 nitrogen and oxygen atoms in total. The highest BCUT2D eigenvalue weighted by molar-refractivity contribution is 5.39. The first-order valence-electron chi connectivity index (χ1n) is 6.09. The van der Waals surface area contributed by atoms with Crippen molar-refractivity contribution in [3.05, 3.63) is 18.0 Å². The monoisotopic (exact) mass is 235 g/mol. The SMILES string of the molecule is c1nc(CN2CCNCC2)cc2c1OCCO2. The quantitative estimate of drug-likeness (QED) is 0.796. The third-order valence-electron chi connectivity index (χ3n) is 3.08. The summed E-state index contributed by atoms with van der Waals surface area (Å²) in [5, 5.41) is 3.34. The van der Waals surface area contributed by atoms with Gasteiger partial charge in [0.25, 0.3) is 0 Å². The molecule has 0 spiro atoms. The molecule has 17 heavy (non-hydrogen) atoms. The van der Waals surface area contributed by atoms with Crippen molar-refractivity contribution in [2.24, 2.45) is 0 Å². The zero-order chi connectivity index (χ0) is 11.5. The summed E-state index contributed by atoms with van der Waals surface area (Å²) in [7, 11) is 0. The maximum Gasteiger partial charge on any atom is 0.179 e. The van der Waals surface area contributed by atoms with Gasteiger partial charge in [-0.25, -0.2) is 0 Å². The maximum atomic E-state index is 5.56. The average Bonchev–Trinajstić information content (AvgIpc) is 2.40. The lowest BCUT2D eigenvalue weighted by Gasteiger charge is -2.27. The molecule has 0 radical (unpaired) electrons. The minimum Gasteiger partial charge on any atom is -0.486 e. The second kappa shape index (κ2) is 4.89. The molecule has 0 bridgehead atoms. The molecule has 0 aliphatic carbocycles. The Balaban J connectivity index is 1.70. The van der Waals surface area contributed by atoms with Gasteiger partial charge in [0.15, 0.2) is 11.5 Å². The van der Waals surface area contributed by atoms with Crippen LogP contribution in [0.4, 0.5) is 0 Å². The van der Waals surface area contributed by atoms with E-state index in [1.165, 1.54) is 0 Å². The van der Waals surface area contributed by atoms with Crippen LogP contribution in [0.25, 0.3) is 0 Å². The second-order valence-corrected chi connectivity index (χ2v) is 4.35. The number of nitrogens with one attached hydrogen (secondary N) is 1. The summed E-state index contributed by atoms with van der Waals surface area (Å²) in [5.41, 5.74) is 1.05. The number of nitrogens with zero attached hydrogens (tertiary/aromatic N) is 2. The Labute approximate surface area is 101 Å². The lowest BCUT2D eigenvalue weighted by atomic mass is 10.2. The highest BCUT2D eigenvalue weighted by Crippen LogP contribution is 2.29. The van der Waals surface area contributed by atoms with Crippen molar-refractivity contribution in [2.45, 2.75) is 6.54 Å². The summed E-state index contributed by atoms with van der Waals surface area (Å²) in [6.45, 7) is 6.41. The van der Waals surface area contributed by atoms with Crippen LogP contribution in [0.2, 0.25) is 0 Å². The molecule has 1 aromatic heterocycles. The van der Waals surface area contributed by atoms with E-state index in [1.807, 2.05) is 6.07 Å². The zero-order valence-corrected chi connectivity index (χ0v) is 9.82. The van der Waals surface area contributed by atoms with Gasteiger partial charge in [-0.15, -0.1) is 0 Å². The normalized spacial score (nSPS) is 20.2. The Hall–Kier alpha value is -1.33. The molecule has 0 aromatic carbocycles. The van der Waals surface area contributed by atoms with Crippen LogP contribution >= 0.6 is 0 Å². The van der Waals surface area contributed by atoms with Crippen molar-refractivity contribution < 1.29 is 9.47 Å². The first-order chi connectivity index (χ1) is 8.42. The lowest BCUT2D eigenvalue weighted by Crippen LogP contribution is -2.43. The summed E-state index contributed by atoms with van der Waals surface area (Å²) in [5.74, 6) is 1.59. The molecule has 92 valence electrons. The molecule has 2 aliphatic rings. The van der Waals surface area contributed by atoms with Crippen LogP contribution in [0.5, 0.6) is 11.5 Å². The fourth-order valence-electron chi connectivity index (χ4n) is 2.17. The van der Waals surface area contributed by atoms with Gasteiger partial charge >= 0.3 is 0 Å². The van der Waals surface area contributed by atoms with Crippen LogP contribution in [0.15, 0.2) is 12.3 Å². The molecule has 3 heterocycles. The highest BCUT2D eigenvalue weighted by atomic mass is 16.6. The van der Waals surface area contributed by atoms with Crippen molar-refractivity contribution in [2.75, 3.05) is 39.4 Å². The van der Waals surface area contributed by atoms with Gasteiger partial charge in [0.1, 0.15) is 13.2 Å². The third kappa shape index (κ3) is 2.50. The Morgan fingerprint density at radius 2 is 1.94 bits per heavy atom. The zero-order valence-electron chi connectivity index (χ0n) is 9.82. The number of fused-ring (bicyclic) bond motifs is 1. The van der Waals surface area contributed by atoms with Crippen molar-refractivity contribution >= 4 is 0 Å². The van der Waals surface area contributed by atoms with Gasteiger partial charge in [-0.05, 0) is 0 Å². The molecule has 1 fully saturated rings. The number of hydrogen-bond acceptors (Lipinski definition) is 5. The largest absolute Gasteiger partial charge is 0.486 e. The first kappa shape index (κ1) is 10.8. The molecule has 2 aliphatic heterocycles. The van der Waals surface area contributed by atoms with Crippen molar-refractivity contribution in [3.8, 4) is 11.5 Å². The Morgan fingerprint density at radius 3 is 2.76 bits per heavy atom. The van der Waals surface area contributed by atoms with Crippen LogP contribution in [0, 0.1) is 0 Å². The molecule has 5 heteroatoms. The molecular weight excluding hydrogens is 218 g/mol. The summed E-state index contributed by atoms with van der Waals surface area (Å²) < 4.78 is 11.0. The molecule has 0 amide bonds. The van der Waals surface area contributed by atoms with Gasteiger partial charge in [0.2, 0.25) is 0 Å². The van der Waals surface area contributed by atoms with Crippen LogP contribution in [-0.4, -0.2) is 49.3 Å². The third-order valence-corrected chi connectivity index (χ3v) is 3.08. The molecular formula is C12H17N3O2. The van der Waals surface area contributed by atoms with Gasteiger partial charge in [-0.1, -0.05) is 0 Å². The summed E-state index contributed by atoms with van der Waals surface area (Å²) in [4.78, 5) is 6.82. The van der Waals surface area contributed by atoms with E-state index in [1.54, 1.807) is 6.20 Å². The predicted molar refractivity (Wildman–Crippen MR) is 63.4 cm³/mol. The van der Waals surface area contributed by atoms with Gasteiger partial charge in [0, 0.05) is 38.8 Å². The van der Waals surface area contributed by atoms with E-state index < -0.39 is 0 Å². The molecule has 1 saturated heterocycles. The van der Waals surface area contributed by atoms with Crippen LogP contribution < -0.4 is 14.8 Å². The summed E-state index contributed by atoms with van der Waals surface area (Å²) >= 11 is 0. The minimum atomic E-state index is 0.617. The number of rotatable bonds is 2. The average molecular weight is 235 g/mol. The second-order valence-electron chi connectivity index (χ2n) is 4.35. The Kier molecular flexibility index (Phi) is 3.11. The fourth-order valence-corrected chi connectivity index (χ4v) is 2.17. The van der Waals surface area contributed by atoms with E-state index in [4.69, 9.17) is 9.47 Å². The van der Waals surface area contributed by atoms with Crippen molar-refractivity contribution in [3.63, 3.8) is 0 Å². The first-order valence-corrected chi connectivity index (χ1v) is 6.09. The van der Waals surface area contributed by atoms with Crippen molar-refractivity contribution in [1.29, 1.82) is 0 Å². The molecule has 1 aromatic rings. The Morgan fingerprint density at radius 1 is 1.18 bits per heavy atom. The molecule has 0 atom stereocenters. The van der Waals surface area contributed by atoms with E-state index >= 15 is 0 Å². The Bertz CT molecular complexity index is 391. The fraction of sp³-hybridized carbons (Fsp3) is 0.583.